The second kappa shape index (κ2) is 6.20. The highest BCUT2D eigenvalue weighted by Crippen LogP contribution is 2.45. The summed E-state index contributed by atoms with van der Waals surface area (Å²) < 4.78 is 6.91. The van der Waals surface area contributed by atoms with E-state index in [0.29, 0.717) is 17.7 Å². The molecule has 2 heterocycles. The minimum atomic E-state index is -0.639. The minimum Gasteiger partial charge on any atom is -0.504 e. The highest BCUT2D eigenvalue weighted by molar-refractivity contribution is 5.89. The molecule has 26 heavy (non-hydrogen) atoms. The summed E-state index contributed by atoms with van der Waals surface area (Å²) in [6.07, 6.45) is 2.16. The number of hydrogen-bond acceptors (Lipinski definition) is 5. The molecule has 3 rings (SSSR count). The maximum absolute atomic E-state index is 12.5. The monoisotopic (exact) mass is 357 g/mol. The van der Waals surface area contributed by atoms with E-state index in [9.17, 15) is 19.8 Å². The molecule has 0 spiro atoms. The van der Waals surface area contributed by atoms with Crippen LogP contribution in [-0.4, -0.2) is 27.4 Å². The van der Waals surface area contributed by atoms with Gasteiger partial charge in [0.15, 0.2) is 16.9 Å². The molecule has 0 aliphatic carbocycles. The molecule has 6 nitrogen and oxygen atoms in total. The average molecular weight is 357 g/mol. The number of phenolic OH excluding ortho intramolecular Hbond substituents is 2. The molecular formula is C20H23NO5. The van der Waals surface area contributed by atoms with Crippen LogP contribution >= 0.6 is 0 Å². The van der Waals surface area contributed by atoms with Gasteiger partial charge in [-0.05, 0) is 36.5 Å². The van der Waals surface area contributed by atoms with E-state index >= 15 is 0 Å². The average Bonchev–Trinajstić information content (AvgIpc) is 2.54. The maximum Gasteiger partial charge on any atom is 0.343 e. The summed E-state index contributed by atoms with van der Waals surface area (Å²) >= 11 is 0. The van der Waals surface area contributed by atoms with Crippen molar-refractivity contribution in [2.24, 2.45) is 5.41 Å². The number of carbonyl (C=O) groups is 1. The Morgan fingerprint density at radius 1 is 1.23 bits per heavy atom. The van der Waals surface area contributed by atoms with Gasteiger partial charge in [0.1, 0.15) is 5.56 Å². The number of benzene rings is 1. The number of ether oxygens (including phenoxy) is 1. The van der Waals surface area contributed by atoms with Gasteiger partial charge in [0.2, 0.25) is 0 Å². The van der Waals surface area contributed by atoms with Gasteiger partial charge < -0.3 is 19.5 Å². The fourth-order valence-electron chi connectivity index (χ4n) is 3.44. The molecule has 1 aromatic carbocycles. The molecule has 0 fully saturated rings. The number of phenols is 2. The summed E-state index contributed by atoms with van der Waals surface area (Å²) in [7, 11) is 0. The summed E-state index contributed by atoms with van der Waals surface area (Å²) in [4.78, 5) is 24.6. The molecule has 6 heteroatoms. The van der Waals surface area contributed by atoms with Crippen molar-refractivity contribution < 1.29 is 19.7 Å². The van der Waals surface area contributed by atoms with Crippen molar-refractivity contribution in [2.45, 2.75) is 40.2 Å². The van der Waals surface area contributed by atoms with Gasteiger partial charge in [-0.3, -0.25) is 4.79 Å². The highest BCUT2D eigenvalue weighted by atomic mass is 16.5. The number of aromatic hydroxyl groups is 2. The van der Waals surface area contributed by atoms with E-state index in [0.717, 1.165) is 5.56 Å². The smallest absolute Gasteiger partial charge is 0.343 e. The van der Waals surface area contributed by atoms with E-state index < -0.39 is 11.4 Å². The molecule has 0 saturated carbocycles. The van der Waals surface area contributed by atoms with E-state index in [1.165, 1.54) is 18.2 Å². The van der Waals surface area contributed by atoms with Gasteiger partial charge in [0.25, 0.3) is 0 Å². The molecule has 0 bridgehead atoms. The predicted molar refractivity (Wildman–Crippen MR) is 97.6 cm³/mol. The lowest BCUT2D eigenvalue weighted by Gasteiger charge is -2.39. The number of pyridine rings is 1. The van der Waals surface area contributed by atoms with Crippen molar-refractivity contribution in [2.75, 3.05) is 6.61 Å². The minimum absolute atomic E-state index is 0.00343. The molecule has 1 unspecified atom stereocenters. The Balaban J connectivity index is 2.28. The molecule has 1 aliphatic heterocycles. The van der Waals surface area contributed by atoms with Crippen LogP contribution in [0.3, 0.4) is 0 Å². The van der Waals surface area contributed by atoms with E-state index in [2.05, 4.69) is 20.8 Å². The van der Waals surface area contributed by atoms with Crippen LogP contribution < -0.4 is 5.43 Å². The van der Waals surface area contributed by atoms with Gasteiger partial charge in [-0.15, -0.1) is 0 Å². The SMILES string of the molecule is CCOC(=O)c1cn2c(cc1=O)-c1cc(O)c(O)cc1CC2C(C)(C)C. The fourth-order valence-corrected chi connectivity index (χ4v) is 3.44. The summed E-state index contributed by atoms with van der Waals surface area (Å²) in [5, 5.41) is 19.8. The first-order valence-corrected chi connectivity index (χ1v) is 8.62. The third-order valence-electron chi connectivity index (χ3n) is 4.80. The van der Waals surface area contributed by atoms with Crippen molar-refractivity contribution in [3.8, 4) is 22.8 Å². The zero-order valence-corrected chi connectivity index (χ0v) is 15.4. The number of nitrogens with zero attached hydrogens (tertiary/aromatic N) is 1. The van der Waals surface area contributed by atoms with Gasteiger partial charge in [-0.2, -0.15) is 0 Å². The van der Waals surface area contributed by atoms with Crippen molar-refractivity contribution in [3.05, 3.63) is 45.7 Å². The van der Waals surface area contributed by atoms with E-state index in [4.69, 9.17) is 4.74 Å². The van der Waals surface area contributed by atoms with Crippen LogP contribution in [0, 0.1) is 5.41 Å². The molecule has 0 radical (unpaired) electrons. The number of fused-ring (bicyclic) bond motifs is 3. The molecule has 2 aromatic rings. The fraction of sp³-hybridized carbons (Fsp3) is 0.400. The van der Waals surface area contributed by atoms with E-state index in [-0.39, 0.29) is 35.1 Å². The molecular weight excluding hydrogens is 334 g/mol. The van der Waals surface area contributed by atoms with Gasteiger partial charge in [-0.25, -0.2) is 4.79 Å². The van der Waals surface area contributed by atoms with Crippen molar-refractivity contribution in [1.29, 1.82) is 0 Å². The second-order valence-corrected chi connectivity index (χ2v) is 7.65. The first-order valence-electron chi connectivity index (χ1n) is 8.62. The van der Waals surface area contributed by atoms with Crippen LogP contribution in [-0.2, 0) is 11.2 Å². The van der Waals surface area contributed by atoms with Crippen LogP contribution in [0.15, 0.2) is 29.2 Å². The molecule has 1 atom stereocenters. The standard InChI is InChI=1S/C20H23NO5/c1-5-26-19(25)13-10-21-14(9-15(13)22)12-8-17(24)16(23)6-11(12)7-18(21)20(2,3)4/h6,8-10,18,23-24H,5,7H2,1-4H3. The van der Waals surface area contributed by atoms with Crippen LogP contribution in [0.5, 0.6) is 11.5 Å². The second-order valence-electron chi connectivity index (χ2n) is 7.65. The number of aromatic nitrogens is 1. The predicted octanol–water partition coefficient (Wildman–Crippen LogP) is 3.25. The Morgan fingerprint density at radius 3 is 2.50 bits per heavy atom. The lowest BCUT2D eigenvalue weighted by atomic mass is 9.78. The van der Waals surface area contributed by atoms with Crippen LogP contribution in [0.25, 0.3) is 11.3 Å². The van der Waals surface area contributed by atoms with Crippen molar-refractivity contribution in [3.63, 3.8) is 0 Å². The summed E-state index contributed by atoms with van der Waals surface area (Å²) in [5.74, 6) is -1.07. The molecule has 0 amide bonds. The summed E-state index contributed by atoms with van der Waals surface area (Å²) in [6.45, 7) is 8.12. The number of hydrogen-bond donors (Lipinski definition) is 2. The first-order chi connectivity index (χ1) is 12.1. The Labute approximate surface area is 151 Å². The topological polar surface area (TPSA) is 88.8 Å². The number of carbonyl (C=O) groups excluding carboxylic acids is 1. The lowest BCUT2D eigenvalue weighted by molar-refractivity contribution is 0.0523. The molecule has 2 N–H and O–H groups in total. The summed E-state index contributed by atoms with van der Waals surface area (Å²) in [6, 6.07) is 4.36. The lowest BCUT2D eigenvalue weighted by Crippen LogP contribution is -2.33. The number of rotatable bonds is 2. The van der Waals surface area contributed by atoms with E-state index in [1.807, 2.05) is 4.57 Å². The van der Waals surface area contributed by atoms with Gasteiger partial charge in [-0.1, -0.05) is 20.8 Å². The normalized spacial score (nSPS) is 15.9. The Hall–Kier alpha value is -2.76. The van der Waals surface area contributed by atoms with Gasteiger partial charge >= 0.3 is 5.97 Å². The Bertz CT molecular complexity index is 936. The molecule has 1 aromatic heterocycles. The van der Waals surface area contributed by atoms with Crippen molar-refractivity contribution in [1.82, 2.24) is 4.57 Å². The third-order valence-corrected chi connectivity index (χ3v) is 4.80. The first kappa shape index (κ1) is 18.0. The molecule has 1 aliphatic rings. The van der Waals surface area contributed by atoms with E-state index in [1.54, 1.807) is 13.1 Å². The molecule has 0 saturated heterocycles. The Kier molecular flexibility index (Phi) is 4.30. The maximum atomic E-state index is 12.5. The quantitative estimate of drug-likeness (QED) is 0.636. The Morgan fingerprint density at radius 2 is 1.88 bits per heavy atom. The highest BCUT2D eigenvalue weighted by Gasteiger charge is 2.34. The molecule has 138 valence electrons. The zero-order valence-electron chi connectivity index (χ0n) is 15.4. The largest absolute Gasteiger partial charge is 0.504 e. The van der Waals surface area contributed by atoms with Crippen molar-refractivity contribution >= 4 is 5.97 Å². The van der Waals surface area contributed by atoms with Crippen LogP contribution in [0.1, 0.15) is 49.7 Å². The number of esters is 1. The van der Waals surface area contributed by atoms with Gasteiger partial charge in [0, 0.05) is 23.9 Å². The third kappa shape index (κ3) is 2.96. The van der Waals surface area contributed by atoms with Crippen LogP contribution in [0.2, 0.25) is 0 Å². The van der Waals surface area contributed by atoms with Gasteiger partial charge in [0.05, 0.1) is 12.3 Å². The zero-order chi connectivity index (χ0) is 19.2. The summed E-state index contributed by atoms with van der Waals surface area (Å²) in [5.41, 5.74) is 1.54. The van der Waals surface area contributed by atoms with Crippen LogP contribution in [0.4, 0.5) is 0 Å².